The largest absolute Gasteiger partial charge is 0.481 e. The zero-order valence-electron chi connectivity index (χ0n) is 19.6. The summed E-state index contributed by atoms with van der Waals surface area (Å²) in [7, 11) is 0. The lowest BCUT2D eigenvalue weighted by Gasteiger charge is -2.24. The van der Waals surface area contributed by atoms with Gasteiger partial charge in [0.2, 0.25) is 17.7 Å². The topological polar surface area (TPSA) is 214 Å². The first-order chi connectivity index (χ1) is 16.1. The maximum atomic E-state index is 12.8. The third kappa shape index (κ3) is 13.6. The summed E-state index contributed by atoms with van der Waals surface area (Å²) in [6.45, 7) is 0.442. The zero-order chi connectivity index (χ0) is 26.1. The standard InChI is InChI=1S/C20H37N5O7S2/c1-33-9-6-13(18(29)24-14(20(31)32)7-10-34-2)23-19(30)15(11-16(26)27)25-17(28)12(22)5-3-4-8-21/h12-15H,3-11,21-22H2,1-2H3,(H,23,30)(H,24,29)(H,25,28)(H,26,27)(H,31,32). The van der Waals surface area contributed by atoms with Crippen molar-refractivity contribution in [3.8, 4) is 0 Å². The second-order valence-electron chi connectivity index (χ2n) is 7.57. The first kappa shape index (κ1) is 32.0. The minimum Gasteiger partial charge on any atom is -0.481 e. The van der Waals surface area contributed by atoms with E-state index in [1.54, 1.807) is 6.26 Å². The molecule has 14 heteroatoms. The van der Waals surface area contributed by atoms with Crippen molar-refractivity contribution < 1.29 is 34.2 Å². The minimum atomic E-state index is -1.46. The van der Waals surface area contributed by atoms with Crippen LogP contribution in [0.15, 0.2) is 0 Å². The van der Waals surface area contributed by atoms with E-state index in [1.165, 1.54) is 23.5 Å². The Balaban J connectivity index is 5.36. The van der Waals surface area contributed by atoms with Gasteiger partial charge in [-0.2, -0.15) is 23.5 Å². The predicted octanol–water partition coefficient (Wildman–Crippen LogP) is -1.04. The number of amides is 3. The Labute approximate surface area is 208 Å². The molecule has 0 spiro atoms. The van der Waals surface area contributed by atoms with E-state index in [1.807, 2.05) is 6.26 Å². The number of carbonyl (C=O) groups is 5. The first-order valence-electron chi connectivity index (χ1n) is 10.9. The van der Waals surface area contributed by atoms with E-state index in [0.717, 1.165) is 0 Å². The highest BCUT2D eigenvalue weighted by molar-refractivity contribution is 7.98. The van der Waals surface area contributed by atoms with Crippen LogP contribution in [0.1, 0.15) is 38.5 Å². The van der Waals surface area contributed by atoms with E-state index in [-0.39, 0.29) is 12.8 Å². The van der Waals surface area contributed by atoms with Gasteiger partial charge in [-0.3, -0.25) is 19.2 Å². The van der Waals surface area contributed by atoms with Crippen LogP contribution in [0.5, 0.6) is 0 Å². The van der Waals surface area contributed by atoms with Crippen molar-refractivity contribution in [3.63, 3.8) is 0 Å². The number of carboxylic acid groups (broad SMARTS) is 2. The molecule has 0 saturated carbocycles. The summed E-state index contributed by atoms with van der Waals surface area (Å²) in [6, 6.07) is -4.64. The van der Waals surface area contributed by atoms with Gasteiger partial charge in [0, 0.05) is 0 Å². The summed E-state index contributed by atoms with van der Waals surface area (Å²) in [5, 5.41) is 25.8. The molecule has 0 aromatic heterocycles. The van der Waals surface area contributed by atoms with E-state index >= 15 is 0 Å². The maximum Gasteiger partial charge on any atom is 0.326 e. The number of thioether (sulfide) groups is 2. The fourth-order valence-corrected chi connectivity index (χ4v) is 3.79. The molecule has 0 aliphatic rings. The van der Waals surface area contributed by atoms with Gasteiger partial charge >= 0.3 is 11.9 Å². The molecule has 3 amide bonds. The average molecular weight is 524 g/mol. The Hall–Kier alpha value is -2.03. The van der Waals surface area contributed by atoms with Crippen LogP contribution >= 0.6 is 23.5 Å². The second-order valence-corrected chi connectivity index (χ2v) is 9.54. The van der Waals surface area contributed by atoms with Crippen LogP contribution in [0.2, 0.25) is 0 Å². The predicted molar refractivity (Wildman–Crippen MR) is 133 cm³/mol. The normalized spacial score (nSPS) is 14.4. The lowest BCUT2D eigenvalue weighted by molar-refractivity contribution is -0.143. The molecule has 9 N–H and O–H groups in total. The van der Waals surface area contributed by atoms with Crippen LogP contribution in [-0.2, 0) is 24.0 Å². The fraction of sp³-hybridized carbons (Fsp3) is 0.750. The number of nitrogens with two attached hydrogens (primary N) is 2. The number of rotatable bonds is 19. The molecule has 0 aromatic carbocycles. The minimum absolute atomic E-state index is 0.181. The smallest absolute Gasteiger partial charge is 0.326 e. The Kier molecular flexibility index (Phi) is 17.2. The summed E-state index contributed by atoms with van der Waals surface area (Å²) < 4.78 is 0. The van der Waals surface area contributed by atoms with Crippen molar-refractivity contribution in [1.82, 2.24) is 16.0 Å². The lowest BCUT2D eigenvalue weighted by atomic mass is 10.1. The van der Waals surface area contributed by atoms with Gasteiger partial charge in [-0.25, -0.2) is 4.79 Å². The number of hydrogen-bond acceptors (Lipinski definition) is 9. The molecule has 0 aromatic rings. The molecule has 0 fully saturated rings. The molecule has 4 atom stereocenters. The molecule has 196 valence electrons. The van der Waals surface area contributed by atoms with Crippen molar-refractivity contribution in [2.45, 2.75) is 62.7 Å². The van der Waals surface area contributed by atoms with E-state index in [2.05, 4.69) is 16.0 Å². The van der Waals surface area contributed by atoms with Crippen molar-refractivity contribution >= 4 is 53.2 Å². The van der Waals surface area contributed by atoms with Gasteiger partial charge in [-0.15, -0.1) is 0 Å². The highest BCUT2D eigenvalue weighted by atomic mass is 32.2. The average Bonchev–Trinajstić information content (AvgIpc) is 2.77. The van der Waals surface area contributed by atoms with E-state index in [9.17, 15) is 34.2 Å². The molecule has 0 aliphatic heterocycles. The molecule has 4 unspecified atom stereocenters. The van der Waals surface area contributed by atoms with Crippen LogP contribution in [0.3, 0.4) is 0 Å². The van der Waals surface area contributed by atoms with Gasteiger partial charge in [0.25, 0.3) is 0 Å². The van der Waals surface area contributed by atoms with Crippen molar-refractivity contribution in [1.29, 1.82) is 0 Å². The molecular formula is C20H37N5O7S2. The molecule has 0 heterocycles. The van der Waals surface area contributed by atoms with Gasteiger partial charge in [-0.1, -0.05) is 6.42 Å². The molecule has 0 bridgehead atoms. The van der Waals surface area contributed by atoms with Crippen LogP contribution in [-0.4, -0.2) is 94.6 Å². The summed E-state index contributed by atoms with van der Waals surface area (Å²) in [6.07, 6.45) is 4.86. The summed E-state index contributed by atoms with van der Waals surface area (Å²) in [5.41, 5.74) is 11.2. The van der Waals surface area contributed by atoms with Gasteiger partial charge in [0.1, 0.15) is 18.1 Å². The maximum absolute atomic E-state index is 12.8. The molecule has 34 heavy (non-hydrogen) atoms. The summed E-state index contributed by atoms with van der Waals surface area (Å²) in [4.78, 5) is 60.6. The number of nitrogens with one attached hydrogen (secondary N) is 3. The molecule has 0 radical (unpaired) electrons. The van der Waals surface area contributed by atoms with Gasteiger partial charge in [0.05, 0.1) is 12.5 Å². The molecule has 12 nitrogen and oxygen atoms in total. The SMILES string of the molecule is CSCCC(NC(=O)C(CCSC)NC(=O)C(CC(=O)O)NC(=O)C(N)CCCCN)C(=O)O. The van der Waals surface area contributed by atoms with Crippen molar-refractivity contribution in [2.75, 3.05) is 30.6 Å². The third-order valence-corrected chi connectivity index (χ3v) is 6.07. The van der Waals surface area contributed by atoms with Crippen LogP contribution < -0.4 is 27.4 Å². The summed E-state index contributed by atoms with van der Waals surface area (Å²) >= 11 is 2.85. The van der Waals surface area contributed by atoms with Gasteiger partial charge < -0.3 is 37.6 Å². The fourth-order valence-electron chi connectivity index (χ4n) is 2.84. The molecule has 0 rings (SSSR count). The Morgan fingerprint density at radius 1 is 0.765 bits per heavy atom. The lowest BCUT2D eigenvalue weighted by Crippen LogP contribution is -2.57. The number of aliphatic carboxylic acids is 2. The van der Waals surface area contributed by atoms with Crippen LogP contribution in [0.25, 0.3) is 0 Å². The zero-order valence-corrected chi connectivity index (χ0v) is 21.2. The Morgan fingerprint density at radius 3 is 1.76 bits per heavy atom. The first-order valence-corrected chi connectivity index (χ1v) is 13.6. The third-order valence-electron chi connectivity index (χ3n) is 4.79. The number of carboxylic acids is 2. The summed E-state index contributed by atoms with van der Waals surface area (Å²) in [5.74, 6) is -3.80. The van der Waals surface area contributed by atoms with Gasteiger partial charge in [-0.05, 0) is 56.2 Å². The number of unbranched alkanes of at least 4 members (excludes halogenated alkanes) is 1. The number of hydrogen-bond donors (Lipinski definition) is 7. The van der Waals surface area contributed by atoms with Crippen molar-refractivity contribution in [3.05, 3.63) is 0 Å². The quantitative estimate of drug-likeness (QED) is 0.102. The van der Waals surface area contributed by atoms with Crippen LogP contribution in [0.4, 0.5) is 0 Å². The van der Waals surface area contributed by atoms with E-state index in [0.29, 0.717) is 37.3 Å². The second kappa shape index (κ2) is 18.3. The Morgan fingerprint density at radius 2 is 1.26 bits per heavy atom. The highest BCUT2D eigenvalue weighted by Crippen LogP contribution is 2.07. The van der Waals surface area contributed by atoms with Crippen LogP contribution in [0, 0.1) is 0 Å². The van der Waals surface area contributed by atoms with E-state index < -0.39 is 60.2 Å². The highest BCUT2D eigenvalue weighted by Gasteiger charge is 2.31. The number of carbonyl (C=O) groups excluding carboxylic acids is 3. The molecule has 0 aliphatic carbocycles. The molecule has 0 saturated heterocycles. The van der Waals surface area contributed by atoms with Crippen molar-refractivity contribution in [2.24, 2.45) is 11.5 Å². The van der Waals surface area contributed by atoms with E-state index in [4.69, 9.17) is 11.5 Å². The Bertz CT molecular complexity index is 684. The monoisotopic (exact) mass is 523 g/mol. The molecular weight excluding hydrogens is 486 g/mol. The van der Waals surface area contributed by atoms with Gasteiger partial charge in [0.15, 0.2) is 0 Å².